The van der Waals surface area contributed by atoms with E-state index in [0.29, 0.717) is 0 Å². The van der Waals surface area contributed by atoms with Gasteiger partial charge < -0.3 is 0 Å². The highest BCUT2D eigenvalue weighted by Crippen LogP contribution is 2.26. The monoisotopic (exact) mass is 428 g/mol. The molecular weight excluding hydrogens is 412 g/mol. The quantitative estimate of drug-likeness (QED) is 0.239. The smallest absolute Gasteiger partial charge is 0.0977 e. The van der Waals surface area contributed by atoms with Gasteiger partial charge in [-0.2, -0.15) is 0 Å². The molecule has 154 valence electrons. The summed E-state index contributed by atoms with van der Waals surface area (Å²) < 4.78 is 0. The molecular formula is C32H16N2. The van der Waals surface area contributed by atoms with Gasteiger partial charge in [0.1, 0.15) is 0 Å². The van der Waals surface area contributed by atoms with Crippen molar-refractivity contribution < 1.29 is 0 Å². The van der Waals surface area contributed by atoms with Gasteiger partial charge >= 0.3 is 0 Å². The van der Waals surface area contributed by atoms with E-state index >= 15 is 0 Å². The zero-order valence-corrected chi connectivity index (χ0v) is 18.1. The summed E-state index contributed by atoms with van der Waals surface area (Å²) in [5, 5.41) is 1.88. The molecule has 0 aliphatic rings. The van der Waals surface area contributed by atoms with Crippen LogP contribution in [0.15, 0.2) is 85.2 Å². The van der Waals surface area contributed by atoms with Crippen LogP contribution in [0.3, 0.4) is 0 Å². The second kappa shape index (κ2) is 9.07. The Kier molecular flexibility index (Phi) is 5.50. The van der Waals surface area contributed by atoms with Crippen LogP contribution >= 0.6 is 0 Å². The van der Waals surface area contributed by atoms with Crippen LogP contribution in [0.25, 0.3) is 21.8 Å². The minimum absolute atomic E-state index is 0.791. The van der Waals surface area contributed by atoms with Crippen molar-refractivity contribution in [3.05, 3.63) is 119 Å². The highest BCUT2D eigenvalue weighted by Gasteiger charge is 2.08. The van der Waals surface area contributed by atoms with Crippen molar-refractivity contribution in [3.63, 3.8) is 0 Å². The lowest BCUT2D eigenvalue weighted by Gasteiger charge is -2.05. The first-order valence-corrected chi connectivity index (χ1v) is 10.6. The fourth-order valence-electron chi connectivity index (χ4n) is 3.70. The third-order valence-electron chi connectivity index (χ3n) is 5.36. The van der Waals surface area contributed by atoms with Crippen LogP contribution in [-0.2, 0) is 0 Å². The highest BCUT2D eigenvalue weighted by molar-refractivity contribution is 6.06. The number of rotatable bonds is 0. The van der Waals surface area contributed by atoms with Crippen LogP contribution in [0.2, 0.25) is 0 Å². The molecule has 5 aromatic rings. The number of hydrogen-bond acceptors (Lipinski definition) is 2. The van der Waals surface area contributed by atoms with Crippen molar-refractivity contribution in [3.8, 4) is 48.4 Å². The Morgan fingerprint density at radius 3 is 1.38 bits per heavy atom. The average molecular weight is 428 g/mol. The first kappa shape index (κ1) is 20.6. The number of pyridine rings is 2. The van der Waals surface area contributed by atoms with E-state index in [1.54, 1.807) is 12.4 Å². The maximum Gasteiger partial charge on any atom is 0.0977 e. The van der Waals surface area contributed by atoms with Crippen molar-refractivity contribution >= 4 is 21.8 Å². The van der Waals surface area contributed by atoms with Crippen LogP contribution in [0.4, 0.5) is 0 Å². The molecule has 0 saturated heterocycles. The molecule has 0 aliphatic carbocycles. The molecule has 34 heavy (non-hydrogen) atoms. The number of fused-ring (bicyclic) bond motifs is 3. The second-order valence-corrected chi connectivity index (χ2v) is 7.53. The molecule has 3 aromatic carbocycles. The van der Waals surface area contributed by atoms with Gasteiger partial charge in [-0.15, -0.1) is 12.8 Å². The molecule has 0 amide bonds. The SMILES string of the molecule is C#Cc1cccc(C#Cc2ccnc3c2ccc2c(C#Cc4cccc(C#C)c4)ccnc23)c1. The molecule has 0 N–H and O–H groups in total. The van der Waals surface area contributed by atoms with Crippen LogP contribution in [0, 0.1) is 48.4 Å². The van der Waals surface area contributed by atoms with Gasteiger partial charge in [0.05, 0.1) is 11.0 Å². The Bertz CT molecular complexity index is 1650. The maximum absolute atomic E-state index is 5.50. The van der Waals surface area contributed by atoms with E-state index in [4.69, 9.17) is 12.8 Å². The molecule has 0 aliphatic heterocycles. The largest absolute Gasteiger partial charge is 0.254 e. The molecule has 0 spiro atoms. The zero-order valence-electron chi connectivity index (χ0n) is 18.1. The summed E-state index contributed by atoms with van der Waals surface area (Å²) in [4.78, 5) is 9.21. The maximum atomic E-state index is 5.50. The molecule has 0 unspecified atom stereocenters. The van der Waals surface area contributed by atoms with Gasteiger partial charge in [0.2, 0.25) is 0 Å². The molecule has 2 nitrogen and oxygen atoms in total. The third-order valence-corrected chi connectivity index (χ3v) is 5.36. The number of nitrogens with zero attached hydrogens (tertiary/aromatic N) is 2. The lowest BCUT2D eigenvalue weighted by Crippen LogP contribution is -1.90. The van der Waals surface area contributed by atoms with Gasteiger partial charge in [-0.3, -0.25) is 9.97 Å². The van der Waals surface area contributed by atoms with E-state index in [2.05, 4.69) is 45.5 Å². The molecule has 0 saturated carbocycles. The van der Waals surface area contributed by atoms with E-state index in [1.807, 2.05) is 72.8 Å². The predicted molar refractivity (Wildman–Crippen MR) is 138 cm³/mol. The standard InChI is InChI=1S/C32H16N2/c1-3-23-7-5-9-25(21-23)11-13-27-17-19-33-31-29(27)15-16-30-28(18-20-34-32(30)31)14-12-26-10-6-8-24(4-2)22-26/h1-2,5-10,15-22H. The number of aromatic nitrogens is 2. The van der Waals surface area contributed by atoms with Gasteiger partial charge in [0.25, 0.3) is 0 Å². The highest BCUT2D eigenvalue weighted by atomic mass is 14.7. The van der Waals surface area contributed by atoms with Crippen molar-refractivity contribution in [2.24, 2.45) is 0 Å². The Labute approximate surface area is 198 Å². The Morgan fingerprint density at radius 2 is 0.941 bits per heavy atom. The average Bonchev–Trinajstić information content (AvgIpc) is 2.90. The molecule has 2 heterocycles. The minimum atomic E-state index is 0.791. The van der Waals surface area contributed by atoms with Gasteiger partial charge in [0, 0.05) is 56.5 Å². The van der Waals surface area contributed by atoms with E-state index in [0.717, 1.165) is 55.2 Å². The van der Waals surface area contributed by atoms with Crippen molar-refractivity contribution in [2.75, 3.05) is 0 Å². The molecule has 0 bridgehead atoms. The molecule has 2 heteroatoms. The lowest BCUT2D eigenvalue weighted by atomic mass is 10.0. The summed E-state index contributed by atoms with van der Waals surface area (Å²) in [5.74, 6) is 18.2. The molecule has 0 radical (unpaired) electrons. The minimum Gasteiger partial charge on any atom is -0.254 e. The Hall–Kier alpha value is -5.28. The summed E-state index contributed by atoms with van der Waals surface area (Å²) in [6.07, 6.45) is 14.5. The van der Waals surface area contributed by atoms with E-state index in [1.165, 1.54) is 0 Å². The Balaban J connectivity index is 1.59. The van der Waals surface area contributed by atoms with Crippen LogP contribution in [0.5, 0.6) is 0 Å². The summed E-state index contributed by atoms with van der Waals surface area (Å²) >= 11 is 0. The van der Waals surface area contributed by atoms with Crippen molar-refractivity contribution in [1.82, 2.24) is 9.97 Å². The van der Waals surface area contributed by atoms with E-state index < -0.39 is 0 Å². The fourth-order valence-corrected chi connectivity index (χ4v) is 3.70. The summed E-state index contributed by atoms with van der Waals surface area (Å²) in [6, 6.07) is 23.2. The summed E-state index contributed by atoms with van der Waals surface area (Å²) in [5.41, 5.74) is 6.68. The lowest BCUT2D eigenvalue weighted by molar-refractivity contribution is 1.36. The zero-order chi connectivity index (χ0) is 23.3. The van der Waals surface area contributed by atoms with E-state index in [-0.39, 0.29) is 0 Å². The van der Waals surface area contributed by atoms with Crippen LogP contribution in [0.1, 0.15) is 33.4 Å². The number of hydrogen-bond donors (Lipinski definition) is 0. The predicted octanol–water partition coefficient (Wildman–Crippen LogP) is 5.55. The van der Waals surface area contributed by atoms with Gasteiger partial charge in [-0.1, -0.05) is 59.8 Å². The number of terminal acetylenes is 2. The first-order valence-electron chi connectivity index (χ1n) is 10.6. The third kappa shape index (κ3) is 4.09. The van der Waals surface area contributed by atoms with Crippen molar-refractivity contribution in [2.45, 2.75) is 0 Å². The molecule has 5 rings (SSSR count). The van der Waals surface area contributed by atoms with Crippen LogP contribution in [-0.4, -0.2) is 9.97 Å². The normalized spacial score (nSPS) is 9.82. The van der Waals surface area contributed by atoms with Gasteiger partial charge in [-0.25, -0.2) is 0 Å². The van der Waals surface area contributed by atoms with Gasteiger partial charge in [0.15, 0.2) is 0 Å². The van der Waals surface area contributed by atoms with Gasteiger partial charge in [-0.05, 0) is 48.5 Å². The topological polar surface area (TPSA) is 25.8 Å². The molecule has 0 atom stereocenters. The first-order chi connectivity index (χ1) is 16.7. The summed E-state index contributed by atoms with van der Waals surface area (Å²) in [7, 11) is 0. The van der Waals surface area contributed by atoms with E-state index in [9.17, 15) is 0 Å². The fraction of sp³-hybridized carbons (Fsp3) is 0. The Morgan fingerprint density at radius 1 is 0.500 bits per heavy atom. The summed E-state index contributed by atoms with van der Waals surface area (Å²) in [6.45, 7) is 0. The molecule has 0 fully saturated rings. The van der Waals surface area contributed by atoms with Crippen LogP contribution < -0.4 is 0 Å². The molecule has 2 aromatic heterocycles. The number of benzene rings is 3. The van der Waals surface area contributed by atoms with Crippen molar-refractivity contribution in [1.29, 1.82) is 0 Å². The second-order valence-electron chi connectivity index (χ2n) is 7.53.